The van der Waals surface area contributed by atoms with Gasteiger partial charge in [0.1, 0.15) is 0 Å². The minimum atomic E-state index is -0.850. The number of aliphatic carboxylic acids is 1. The van der Waals surface area contributed by atoms with Crippen LogP contribution in [0.15, 0.2) is 41.4 Å². The summed E-state index contributed by atoms with van der Waals surface area (Å²) in [7, 11) is 0. The molecule has 3 nitrogen and oxygen atoms in total. The zero-order valence-corrected chi connectivity index (χ0v) is 8.82. The number of carboxylic acids is 1. The first-order valence-corrected chi connectivity index (χ1v) is 4.95. The molecular formula is C11H10NO2S+. The lowest BCUT2D eigenvalue weighted by molar-refractivity contribution is -0.660. The fraction of sp³-hybridized carbons (Fsp3) is 0.0909. The number of carbonyl (C=O) groups is 1. The van der Waals surface area contributed by atoms with E-state index in [0.717, 1.165) is 15.8 Å². The zero-order chi connectivity index (χ0) is 10.8. The van der Waals surface area contributed by atoms with E-state index in [-0.39, 0.29) is 6.54 Å². The van der Waals surface area contributed by atoms with Crippen LogP contribution in [0.4, 0.5) is 0 Å². The molecule has 0 unspecified atom stereocenters. The van der Waals surface area contributed by atoms with Crippen LogP contribution >= 0.6 is 12.6 Å². The first-order chi connectivity index (χ1) is 7.18. The minimum absolute atomic E-state index is 0.0332. The molecule has 0 aliphatic carbocycles. The Morgan fingerprint density at radius 2 is 2.07 bits per heavy atom. The molecule has 0 amide bonds. The maximum atomic E-state index is 10.7. The highest BCUT2D eigenvalue weighted by Gasteiger charge is 2.13. The Morgan fingerprint density at radius 3 is 2.80 bits per heavy atom. The molecule has 0 aliphatic rings. The molecule has 1 aromatic carbocycles. The lowest BCUT2D eigenvalue weighted by Gasteiger charge is -2.00. The van der Waals surface area contributed by atoms with Crippen molar-refractivity contribution in [2.24, 2.45) is 0 Å². The summed E-state index contributed by atoms with van der Waals surface area (Å²) < 4.78 is 1.69. The van der Waals surface area contributed by atoms with Crippen LogP contribution in [-0.4, -0.2) is 11.1 Å². The number of aromatic nitrogens is 1. The molecule has 0 bridgehead atoms. The molecule has 0 saturated heterocycles. The zero-order valence-electron chi connectivity index (χ0n) is 7.92. The number of thiol groups is 1. The van der Waals surface area contributed by atoms with Gasteiger partial charge in [0, 0.05) is 17.0 Å². The van der Waals surface area contributed by atoms with Crippen molar-refractivity contribution in [1.29, 1.82) is 0 Å². The summed E-state index contributed by atoms with van der Waals surface area (Å²) in [6.45, 7) is -0.0332. The van der Waals surface area contributed by atoms with E-state index >= 15 is 0 Å². The summed E-state index contributed by atoms with van der Waals surface area (Å²) in [5, 5.41) is 9.72. The van der Waals surface area contributed by atoms with E-state index in [1.807, 2.05) is 24.3 Å². The lowest BCUT2D eigenvalue weighted by atomic mass is 10.2. The SMILES string of the molecule is O=C(O)C[n+]1ccc(S)c2ccccc21. The molecule has 15 heavy (non-hydrogen) atoms. The molecule has 2 rings (SSSR count). The second-order valence-electron chi connectivity index (χ2n) is 3.24. The maximum Gasteiger partial charge on any atom is 0.370 e. The Hall–Kier alpha value is -1.55. The van der Waals surface area contributed by atoms with Gasteiger partial charge in [-0.15, -0.1) is 12.6 Å². The molecule has 0 aliphatic heterocycles. The molecule has 1 heterocycles. The molecule has 0 radical (unpaired) electrons. The molecule has 4 heteroatoms. The smallest absolute Gasteiger partial charge is 0.370 e. The van der Waals surface area contributed by atoms with E-state index in [1.54, 1.807) is 16.8 Å². The maximum absolute atomic E-state index is 10.7. The Kier molecular flexibility index (Phi) is 2.60. The Balaban J connectivity index is 2.66. The van der Waals surface area contributed by atoms with Crippen LogP contribution in [0.2, 0.25) is 0 Å². The van der Waals surface area contributed by atoms with E-state index in [9.17, 15) is 4.79 Å². The summed E-state index contributed by atoms with van der Waals surface area (Å²) in [6.07, 6.45) is 1.73. The number of rotatable bonds is 2. The second-order valence-corrected chi connectivity index (χ2v) is 3.72. The van der Waals surface area contributed by atoms with Crippen LogP contribution in [0.1, 0.15) is 0 Å². The topological polar surface area (TPSA) is 41.2 Å². The average molecular weight is 220 g/mol. The summed E-state index contributed by atoms with van der Waals surface area (Å²) in [4.78, 5) is 11.5. The van der Waals surface area contributed by atoms with Crippen molar-refractivity contribution in [3.05, 3.63) is 36.5 Å². The van der Waals surface area contributed by atoms with Gasteiger partial charge in [-0.05, 0) is 6.07 Å². The van der Waals surface area contributed by atoms with Gasteiger partial charge in [0.05, 0.1) is 5.39 Å². The van der Waals surface area contributed by atoms with E-state index in [2.05, 4.69) is 12.6 Å². The molecule has 76 valence electrons. The number of fused-ring (bicyclic) bond motifs is 1. The van der Waals surface area contributed by atoms with Crippen molar-refractivity contribution < 1.29 is 14.5 Å². The molecular weight excluding hydrogens is 210 g/mol. The van der Waals surface area contributed by atoms with Crippen molar-refractivity contribution in [1.82, 2.24) is 0 Å². The normalized spacial score (nSPS) is 10.5. The van der Waals surface area contributed by atoms with Gasteiger partial charge >= 0.3 is 5.97 Å². The van der Waals surface area contributed by atoms with Crippen LogP contribution in [0, 0.1) is 0 Å². The molecule has 0 saturated carbocycles. The Labute approximate surface area is 92.4 Å². The number of pyridine rings is 1. The monoisotopic (exact) mass is 220 g/mol. The average Bonchev–Trinajstić information content (AvgIpc) is 2.22. The van der Waals surface area contributed by atoms with E-state index in [1.165, 1.54) is 0 Å². The summed E-state index contributed by atoms with van der Waals surface area (Å²) >= 11 is 4.33. The fourth-order valence-electron chi connectivity index (χ4n) is 1.55. The predicted octanol–water partition coefficient (Wildman–Crippen LogP) is 1.50. The Bertz CT molecular complexity index is 525. The van der Waals surface area contributed by atoms with Gasteiger partial charge in [-0.3, -0.25) is 0 Å². The summed E-state index contributed by atoms with van der Waals surface area (Å²) in [6, 6.07) is 9.41. The van der Waals surface area contributed by atoms with Gasteiger partial charge in [-0.25, -0.2) is 4.79 Å². The minimum Gasteiger partial charge on any atom is -0.477 e. The van der Waals surface area contributed by atoms with Crippen molar-refractivity contribution in [3.8, 4) is 0 Å². The number of benzene rings is 1. The van der Waals surface area contributed by atoms with Crippen LogP contribution in [0.3, 0.4) is 0 Å². The molecule has 2 aromatic rings. The fourth-order valence-corrected chi connectivity index (χ4v) is 1.81. The highest BCUT2D eigenvalue weighted by atomic mass is 32.1. The number of carboxylic acid groups (broad SMARTS) is 1. The van der Waals surface area contributed by atoms with Crippen LogP contribution in [0.5, 0.6) is 0 Å². The van der Waals surface area contributed by atoms with E-state index < -0.39 is 5.97 Å². The number of hydrogen-bond acceptors (Lipinski definition) is 2. The van der Waals surface area contributed by atoms with E-state index in [0.29, 0.717) is 0 Å². The highest BCUT2D eigenvalue weighted by Crippen LogP contribution is 2.17. The third kappa shape index (κ3) is 1.94. The number of nitrogens with zero attached hydrogens (tertiary/aromatic N) is 1. The summed E-state index contributed by atoms with van der Waals surface area (Å²) in [5.41, 5.74) is 0.882. The van der Waals surface area contributed by atoms with Crippen molar-refractivity contribution in [3.63, 3.8) is 0 Å². The van der Waals surface area contributed by atoms with Crippen molar-refractivity contribution in [2.45, 2.75) is 11.4 Å². The third-order valence-electron chi connectivity index (χ3n) is 2.21. The summed E-state index contributed by atoms with van der Waals surface area (Å²) in [5.74, 6) is -0.850. The second kappa shape index (κ2) is 3.90. The van der Waals surface area contributed by atoms with Gasteiger partial charge in [0.15, 0.2) is 6.20 Å². The van der Waals surface area contributed by atoms with Gasteiger partial charge in [0.2, 0.25) is 12.1 Å². The van der Waals surface area contributed by atoms with Gasteiger partial charge in [-0.1, -0.05) is 12.1 Å². The van der Waals surface area contributed by atoms with Gasteiger partial charge in [0.25, 0.3) is 0 Å². The van der Waals surface area contributed by atoms with Gasteiger partial charge in [-0.2, -0.15) is 4.57 Å². The van der Waals surface area contributed by atoms with Crippen LogP contribution < -0.4 is 4.57 Å². The first kappa shape index (κ1) is 9.98. The van der Waals surface area contributed by atoms with Crippen molar-refractivity contribution >= 4 is 29.5 Å². The predicted molar refractivity (Wildman–Crippen MR) is 59.0 cm³/mol. The quantitative estimate of drug-likeness (QED) is 0.595. The highest BCUT2D eigenvalue weighted by molar-refractivity contribution is 7.80. The first-order valence-electron chi connectivity index (χ1n) is 4.50. The van der Waals surface area contributed by atoms with Gasteiger partial charge < -0.3 is 5.11 Å². The molecule has 0 fully saturated rings. The molecule has 1 N–H and O–H groups in total. The molecule has 0 spiro atoms. The van der Waals surface area contributed by atoms with Crippen molar-refractivity contribution in [2.75, 3.05) is 0 Å². The van der Waals surface area contributed by atoms with E-state index in [4.69, 9.17) is 5.11 Å². The van der Waals surface area contributed by atoms with Crippen LogP contribution in [-0.2, 0) is 11.3 Å². The lowest BCUT2D eigenvalue weighted by Crippen LogP contribution is -2.38. The van der Waals surface area contributed by atoms with Crippen LogP contribution in [0.25, 0.3) is 10.9 Å². The number of hydrogen-bond donors (Lipinski definition) is 2. The third-order valence-corrected chi connectivity index (χ3v) is 2.60. The molecule has 0 atom stereocenters. The largest absolute Gasteiger partial charge is 0.477 e. The Morgan fingerprint density at radius 1 is 1.33 bits per heavy atom. The number of para-hydroxylation sites is 1. The molecule has 1 aromatic heterocycles. The standard InChI is InChI=1S/C11H9NO2S/c13-11(14)7-12-6-5-10(15)8-3-1-2-4-9(8)12/h1-6H,7H2,(H,13,14)/p+1.